The van der Waals surface area contributed by atoms with Crippen LogP contribution in [-0.4, -0.2) is 72.2 Å². The molecule has 3 aromatic rings. The number of hydrogen-bond donors (Lipinski definition) is 2. The molecule has 2 N–H and O–H groups in total. The third-order valence-electron chi connectivity index (χ3n) is 7.96. The molecule has 1 atom stereocenters. The summed E-state index contributed by atoms with van der Waals surface area (Å²) in [4.78, 5) is 26.2. The van der Waals surface area contributed by atoms with Gasteiger partial charge in [0.1, 0.15) is 10.8 Å². The molecule has 1 amide bonds. The number of methoxy groups -OCH3 is 1. The molecule has 204 valence electrons. The maximum absolute atomic E-state index is 12.9. The first kappa shape index (κ1) is 25.9. The SMILES string of the molecule is COc1ccc(Nc2nc(Nc3ccc4c(c3)CCC(N3CCOCC3)CC4)ncc2Cl)c2c1CN(C)C2=O. The standard InChI is InChI=1S/C29H33ClN6O3/c1-35-17-22-25(38-2)10-9-24(26(22)28(35)37)33-27-23(30)16-31-29(34-27)32-20-6-3-18-4-7-21(8-5-19(18)15-20)36-11-13-39-14-12-36/h3,6,9-10,15-16,21H,4-5,7-8,11-14,17H2,1-2H3,(H2,31,32,33,34). The zero-order valence-electron chi connectivity index (χ0n) is 22.3. The highest BCUT2D eigenvalue weighted by Gasteiger charge is 2.31. The Balaban J connectivity index is 1.19. The summed E-state index contributed by atoms with van der Waals surface area (Å²) in [6.07, 6.45) is 6.03. The largest absolute Gasteiger partial charge is 0.496 e. The quantitative estimate of drug-likeness (QED) is 0.425. The number of nitrogens with one attached hydrogen (secondary N) is 2. The van der Waals surface area contributed by atoms with Crippen molar-refractivity contribution >= 4 is 40.6 Å². The van der Waals surface area contributed by atoms with Gasteiger partial charge in [-0.2, -0.15) is 4.98 Å². The van der Waals surface area contributed by atoms with Crippen LogP contribution in [0.4, 0.5) is 23.1 Å². The van der Waals surface area contributed by atoms with E-state index in [-0.39, 0.29) is 5.91 Å². The molecule has 3 aliphatic rings. The molecular weight excluding hydrogens is 516 g/mol. The van der Waals surface area contributed by atoms with Gasteiger partial charge in [-0.1, -0.05) is 17.7 Å². The van der Waals surface area contributed by atoms with E-state index >= 15 is 0 Å². The lowest BCUT2D eigenvalue weighted by Gasteiger charge is -2.33. The lowest BCUT2D eigenvalue weighted by molar-refractivity contribution is 0.0136. The summed E-state index contributed by atoms with van der Waals surface area (Å²) in [6, 6.07) is 10.8. The summed E-state index contributed by atoms with van der Waals surface area (Å²) >= 11 is 6.47. The van der Waals surface area contributed by atoms with E-state index in [1.807, 2.05) is 12.1 Å². The summed E-state index contributed by atoms with van der Waals surface area (Å²) in [6.45, 7) is 4.22. The zero-order valence-corrected chi connectivity index (χ0v) is 23.1. The first-order chi connectivity index (χ1) is 19.0. The molecule has 2 aromatic carbocycles. The van der Waals surface area contributed by atoms with Crippen molar-refractivity contribution in [2.24, 2.45) is 0 Å². The van der Waals surface area contributed by atoms with Crippen molar-refractivity contribution in [1.82, 2.24) is 19.8 Å². The fraction of sp³-hybridized carbons (Fsp3) is 0.414. The fourth-order valence-corrected chi connectivity index (χ4v) is 6.01. The predicted octanol–water partition coefficient (Wildman–Crippen LogP) is 4.79. The van der Waals surface area contributed by atoms with Crippen molar-refractivity contribution in [1.29, 1.82) is 0 Å². The van der Waals surface area contributed by atoms with Crippen LogP contribution in [0.15, 0.2) is 36.5 Å². The predicted molar refractivity (Wildman–Crippen MR) is 152 cm³/mol. The number of ether oxygens (including phenoxy) is 2. The van der Waals surface area contributed by atoms with E-state index < -0.39 is 0 Å². The first-order valence-corrected chi connectivity index (χ1v) is 13.8. The molecule has 0 bridgehead atoms. The van der Waals surface area contributed by atoms with Crippen LogP contribution in [0, 0.1) is 0 Å². The van der Waals surface area contributed by atoms with Crippen molar-refractivity contribution in [3.63, 3.8) is 0 Å². The highest BCUT2D eigenvalue weighted by molar-refractivity contribution is 6.33. The molecule has 0 saturated carbocycles. The lowest BCUT2D eigenvalue weighted by atomic mass is 10.0. The minimum absolute atomic E-state index is 0.0734. The minimum Gasteiger partial charge on any atom is -0.496 e. The van der Waals surface area contributed by atoms with Gasteiger partial charge >= 0.3 is 0 Å². The van der Waals surface area contributed by atoms with E-state index in [2.05, 4.69) is 43.7 Å². The molecule has 1 fully saturated rings. The second-order valence-electron chi connectivity index (χ2n) is 10.3. The summed E-state index contributed by atoms with van der Waals surface area (Å²) < 4.78 is 11.0. The Bertz CT molecular complexity index is 1390. The molecular formula is C29H33ClN6O3. The molecule has 0 spiro atoms. The summed E-state index contributed by atoms with van der Waals surface area (Å²) in [5.41, 5.74) is 5.78. The number of halogens is 1. The van der Waals surface area contributed by atoms with Crippen LogP contribution in [0.25, 0.3) is 0 Å². The van der Waals surface area contributed by atoms with E-state index in [0.29, 0.717) is 46.4 Å². The van der Waals surface area contributed by atoms with Crippen molar-refractivity contribution in [3.05, 3.63) is 63.8 Å². The molecule has 1 aromatic heterocycles. The Morgan fingerprint density at radius 3 is 2.67 bits per heavy atom. The van der Waals surface area contributed by atoms with E-state index in [4.69, 9.17) is 21.1 Å². The molecule has 1 unspecified atom stereocenters. The molecule has 2 aliphatic heterocycles. The number of amides is 1. The van der Waals surface area contributed by atoms with Crippen molar-refractivity contribution in [2.45, 2.75) is 38.3 Å². The highest BCUT2D eigenvalue weighted by atomic mass is 35.5. The Hall–Kier alpha value is -3.40. The molecule has 39 heavy (non-hydrogen) atoms. The van der Waals surface area contributed by atoms with E-state index in [1.165, 1.54) is 17.5 Å². The van der Waals surface area contributed by atoms with E-state index in [9.17, 15) is 4.79 Å². The molecule has 0 radical (unpaired) electrons. The second-order valence-corrected chi connectivity index (χ2v) is 10.7. The van der Waals surface area contributed by atoms with Gasteiger partial charge in [0.05, 0.1) is 44.3 Å². The molecule has 3 heterocycles. The van der Waals surface area contributed by atoms with Gasteiger partial charge in [0.2, 0.25) is 5.95 Å². The van der Waals surface area contributed by atoms with Gasteiger partial charge in [-0.3, -0.25) is 9.69 Å². The van der Waals surface area contributed by atoms with Gasteiger partial charge in [-0.15, -0.1) is 0 Å². The van der Waals surface area contributed by atoms with Crippen molar-refractivity contribution in [2.75, 3.05) is 51.1 Å². The average Bonchev–Trinajstić information content (AvgIpc) is 3.12. The number of aromatic nitrogens is 2. The van der Waals surface area contributed by atoms with Crippen LogP contribution in [-0.2, 0) is 24.1 Å². The maximum Gasteiger partial charge on any atom is 0.256 e. The van der Waals surface area contributed by atoms with Crippen molar-refractivity contribution < 1.29 is 14.3 Å². The zero-order chi connectivity index (χ0) is 26.9. The number of nitrogens with zero attached hydrogens (tertiary/aromatic N) is 4. The van der Waals surface area contributed by atoms with Gasteiger partial charge in [-0.25, -0.2) is 4.98 Å². The third-order valence-corrected chi connectivity index (χ3v) is 8.24. The number of morpholine rings is 1. The number of benzene rings is 2. The first-order valence-electron chi connectivity index (χ1n) is 13.5. The summed E-state index contributed by atoms with van der Waals surface area (Å²) in [5.74, 6) is 1.46. The lowest BCUT2D eigenvalue weighted by Crippen LogP contribution is -2.43. The molecule has 1 saturated heterocycles. The second kappa shape index (κ2) is 11.0. The number of rotatable bonds is 6. The number of aryl methyl sites for hydroxylation is 2. The van der Waals surface area contributed by atoms with Crippen LogP contribution >= 0.6 is 11.6 Å². The molecule has 6 rings (SSSR count). The smallest absolute Gasteiger partial charge is 0.256 e. The number of fused-ring (bicyclic) bond motifs is 2. The van der Waals surface area contributed by atoms with E-state index in [1.54, 1.807) is 25.3 Å². The van der Waals surface area contributed by atoms with Crippen molar-refractivity contribution in [3.8, 4) is 5.75 Å². The molecule has 10 heteroatoms. The summed E-state index contributed by atoms with van der Waals surface area (Å²) in [7, 11) is 3.38. The Morgan fingerprint density at radius 2 is 1.87 bits per heavy atom. The monoisotopic (exact) mass is 548 g/mol. The molecule has 1 aliphatic carbocycles. The highest BCUT2D eigenvalue weighted by Crippen LogP contribution is 2.37. The van der Waals surface area contributed by atoms with Crippen LogP contribution < -0.4 is 15.4 Å². The Kier molecular flexibility index (Phi) is 7.29. The van der Waals surface area contributed by atoms with Crippen LogP contribution in [0.5, 0.6) is 5.75 Å². The summed E-state index contributed by atoms with van der Waals surface area (Å²) in [5, 5.41) is 6.96. The normalized spacial score (nSPS) is 19.3. The third kappa shape index (κ3) is 5.26. The number of hydrogen-bond acceptors (Lipinski definition) is 8. The van der Waals surface area contributed by atoms with Gasteiger partial charge in [0, 0.05) is 37.4 Å². The van der Waals surface area contributed by atoms with Gasteiger partial charge in [-0.05, 0) is 61.1 Å². The van der Waals surface area contributed by atoms with Gasteiger partial charge in [0.15, 0.2) is 5.82 Å². The maximum atomic E-state index is 12.9. The Morgan fingerprint density at radius 1 is 1.08 bits per heavy atom. The number of carbonyl (C=O) groups excluding carboxylic acids is 1. The minimum atomic E-state index is -0.0734. The average molecular weight is 549 g/mol. The topological polar surface area (TPSA) is 91.8 Å². The van der Waals surface area contributed by atoms with Crippen LogP contribution in [0.2, 0.25) is 5.02 Å². The van der Waals surface area contributed by atoms with Gasteiger partial charge in [0.25, 0.3) is 5.91 Å². The van der Waals surface area contributed by atoms with E-state index in [0.717, 1.165) is 56.8 Å². The Labute approximate surface area is 233 Å². The van der Waals surface area contributed by atoms with Gasteiger partial charge < -0.3 is 25.0 Å². The number of anilines is 4. The van der Waals surface area contributed by atoms with Crippen LogP contribution in [0.3, 0.4) is 0 Å². The molecule has 9 nitrogen and oxygen atoms in total. The van der Waals surface area contributed by atoms with Crippen LogP contribution in [0.1, 0.15) is 39.9 Å². The fourth-order valence-electron chi connectivity index (χ4n) is 5.87. The number of carbonyl (C=O) groups is 1.